The minimum Gasteiger partial charge on any atom is -1.00 e. The van der Waals surface area contributed by atoms with Crippen LogP contribution < -0.4 is 29.6 Å². The molecule has 2 nitrogen and oxygen atoms in total. The van der Waals surface area contributed by atoms with Gasteiger partial charge in [-0.05, 0) is 12.8 Å². The number of halogens is 1. The maximum absolute atomic E-state index is 10.0. The second-order valence-corrected chi connectivity index (χ2v) is 3.29. The van der Waals surface area contributed by atoms with E-state index in [9.17, 15) is 4.79 Å². The quantitative estimate of drug-likeness (QED) is 0.387. The average molecular weight is 189 g/mol. The monoisotopic (exact) mass is 188 g/mol. The molecule has 1 aliphatic rings. The molecule has 0 heterocycles. The van der Waals surface area contributed by atoms with E-state index >= 15 is 0 Å². The molecular formula is C4H6BrNaO2. The first-order valence-electron chi connectivity index (χ1n) is 2.07. The van der Waals surface area contributed by atoms with Crippen molar-refractivity contribution in [2.24, 2.45) is 0 Å². The number of hydrogen-bond donors (Lipinski definition) is 1. The fraction of sp³-hybridized carbons (Fsp3) is 0.750. The summed E-state index contributed by atoms with van der Waals surface area (Å²) in [6.45, 7) is 0. The molecule has 0 aliphatic heterocycles. The number of carboxylic acids is 1. The fourth-order valence-corrected chi connectivity index (χ4v) is 0.522. The molecule has 1 N–H and O–H groups in total. The van der Waals surface area contributed by atoms with Gasteiger partial charge in [-0.1, -0.05) is 15.9 Å². The van der Waals surface area contributed by atoms with Crippen LogP contribution in [0.25, 0.3) is 0 Å². The number of carbonyl (C=O) groups is 1. The SMILES string of the molecule is O=C(O)C1(Br)CC1.[H-].[Na+]. The van der Waals surface area contributed by atoms with Crippen molar-refractivity contribution in [1.82, 2.24) is 0 Å². The van der Waals surface area contributed by atoms with E-state index in [-0.39, 0.29) is 31.0 Å². The van der Waals surface area contributed by atoms with Crippen molar-refractivity contribution in [3.05, 3.63) is 0 Å². The summed E-state index contributed by atoms with van der Waals surface area (Å²) in [7, 11) is 0. The van der Waals surface area contributed by atoms with Crippen LogP contribution in [-0.2, 0) is 4.79 Å². The summed E-state index contributed by atoms with van der Waals surface area (Å²) in [5.41, 5.74) is 0. The third kappa shape index (κ3) is 1.72. The number of aliphatic carboxylic acids is 1. The van der Waals surface area contributed by atoms with Crippen molar-refractivity contribution >= 4 is 21.9 Å². The van der Waals surface area contributed by atoms with Gasteiger partial charge in [0, 0.05) is 0 Å². The number of hydrogen-bond acceptors (Lipinski definition) is 1. The predicted octanol–water partition coefficient (Wildman–Crippen LogP) is -1.88. The molecule has 0 spiro atoms. The van der Waals surface area contributed by atoms with E-state index < -0.39 is 10.3 Å². The van der Waals surface area contributed by atoms with Gasteiger partial charge in [-0.15, -0.1) is 0 Å². The van der Waals surface area contributed by atoms with Crippen LogP contribution in [0.2, 0.25) is 0 Å². The second kappa shape index (κ2) is 2.69. The fourth-order valence-electron chi connectivity index (χ4n) is 0.324. The topological polar surface area (TPSA) is 37.3 Å². The Hall–Kier alpha value is 0.950. The maximum Gasteiger partial charge on any atom is 1.00 e. The Balaban J connectivity index is 0. The first kappa shape index (κ1) is 8.95. The molecule has 0 aromatic heterocycles. The Kier molecular flexibility index (Phi) is 3.01. The molecule has 0 aromatic carbocycles. The maximum atomic E-state index is 10.0. The first-order chi connectivity index (χ1) is 3.15. The Morgan fingerprint density at radius 1 is 1.75 bits per heavy atom. The number of carboxylic acid groups (broad SMARTS) is 1. The average Bonchev–Trinajstić information content (AvgIpc) is 2.21. The Bertz CT molecular complexity index is 115. The Labute approximate surface area is 79.5 Å². The van der Waals surface area contributed by atoms with Crippen LogP contribution >= 0.6 is 15.9 Å². The van der Waals surface area contributed by atoms with Crippen molar-refractivity contribution in [1.29, 1.82) is 0 Å². The molecule has 4 heteroatoms. The van der Waals surface area contributed by atoms with Gasteiger partial charge in [0.25, 0.3) is 0 Å². The van der Waals surface area contributed by atoms with Crippen molar-refractivity contribution in [3.63, 3.8) is 0 Å². The molecule has 0 amide bonds. The van der Waals surface area contributed by atoms with E-state index in [1.807, 2.05) is 0 Å². The van der Waals surface area contributed by atoms with Gasteiger partial charge in [0.2, 0.25) is 0 Å². The van der Waals surface area contributed by atoms with Crippen molar-refractivity contribution < 1.29 is 40.9 Å². The van der Waals surface area contributed by atoms with Gasteiger partial charge in [0.1, 0.15) is 4.32 Å². The van der Waals surface area contributed by atoms with E-state index in [2.05, 4.69) is 15.9 Å². The van der Waals surface area contributed by atoms with Crippen LogP contribution in [0.3, 0.4) is 0 Å². The largest absolute Gasteiger partial charge is 1.00 e. The van der Waals surface area contributed by atoms with Gasteiger partial charge >= 0.3 is 35.5 Å². The molecule has 0 radical (unpaired) electrons. The molecule has 0 unspecified atom stereocenters. The molecular weight excluding hydrogens is 183 g/mol. The van der Waals surface area contributed by atoms with Crippen LogP contribution in [0.15, 0.2) is 0 Å². The third-order valence-corrected chi connectivity index (χ3v) is 2.20. The Morgan fingerprint density at radius 2 is 2.12 bits per heavy atom. The van der Waals surface area contributed by atoms with Crippen LogP contribution in [0.1, 0.15) is 14.3 Å². The molecule has 0 atom stereocenters. The second-order valence-electron chi connectivity index (χ2n) is 1.77. The zero-order valence-corrected chi connectivity index (χ0v) is 8.23. The normalized spacial score (nSPS) is 21.1. The van der Waals surface area contributed by atoms with Crippen LogP contribution in [0.5, 0.6) is 0 Å². The molecule has 1 saturated carbocycles. The number of rotatable bonds is 1. The summed E-state index contributed by atoms with van der Waals surface area (Å²) in [5, 5.41) is 8.27. The van der Waals surface area contributed by atoms with Gasteiger partial charge in [0.05, 0.1) is 0 Å². The predicted molar refractivity (Wildman–Crippen MR) is 29.6 cm³/mol. The minimum atomic E-state index is -0.729. The van der Waals surface area contributed by atoms with Crippen molar-refractivity contribution in [2.75, 3.05) is 0 Å². The van der Waals surface area contributed by atoms with Crippen LogP contribution in [0, 0.1) is 0 Å². The van der Waals surface area contributed by atoms with E-state index in [0.717, 1.165) is 12.8 Å². The molecule has 8 heavy (non-hydrogen) atoms. The summed E-state index contributed by atoms with van der Waals surface area (Å²) in [6.07, 6.45) is 1.56. The summed E-state index contributed by atoms with van der Waals surface area (Å²) in [5.74, 6) is -0.729. The first-order valence-corrected chi connectivity index (χ1v) is 2.87. The van der Waals surface area contributed by atoms with E-state index in [1.165, 1.54) is 0 Å². The molecule has 1 fully saturated rings. The summed E-state index contributed by atoms with van der Waals surface area (Å²) < 4.78 is -0.521. The smallest absolute Gasteiger partial charge is 1.00 e. The zero-order valence-electron chi connectivity index (χ0n) is 5.65. The van der Waals surface area contributed by atoms with Gasteiger partial charge < -0.3 is 6.53 Å². The summed E-state index contributed by atoms with van der Waals surface area (Å²) in [4.78, 5) is 10.0. The van der Waals surface area contributed by atoms with E-state index in [1.54, 1.807) is 0 Å². The Morgan fingerprint density at radius 3 is 2.12 bits per heavy atom. The summed E-state index contributed by atoms with van der Waals surface area (Å²) in [6, 6.07) is 0. The van der Waals surface area contributed by atoms with Gasteiger partial charge in [-0.3, -0.25) is 4.79 Å². The third-order valence-electron chi connectivity index (χ3n) is 1.07. The molecule has 42 valence electrons. The summed E-state index contributed by atoms with van der Waals surface area (Å²) >= 11 is 3.05. The molecule has 0 aromatic rings. The van der Waals surface area contributed by atoms with Crippen LogP contribution in [0.4, 0.5) is 0 Å². The van der Waals surface area contributed by atoms with Gasteiger partial charge in [0.15, 0.2) is 0 Å². The van der Waals surface area contributed by atoms with Gasteiger partial charge in [-0.2, -0.15) is 0 Å². The molecule has 0 bridgehead atoms. The molecule has 0 saturated heterocycles. The molecule has 1 aliphatic carbocycles. The van der Waals surface area contributed by atoms with E-state index in [4.69, 9.17) is 5.11 Å². The van der Waals surface area contributed by atoms with Gasteiger partial charge in [-0.25, -0.2) is 0 Å². The molecule has 1 rings (SSSR count). The zero-order chi connectivity index (χ0) is 5.49. The standard InChI is InChI=1S/C4H5BrO2.Na.H/c5-4(1-2-4)3(6)7;;/h1-2H2,(H,6,7);;/q;+1;-1. The van der Waals surface area contributed by atoms with Crippen molar-refractivity contribution in [2.45, 2.75) is 17.2 Å². The van der Waals surface area contributed by atoms with Crippen LogP contribution in [-0.4, -0.2) is 15.4 Å². The van der Waals surface area contributed by atoms with E-state index in [0.29, 0.717) is 0 Å². The number of alkyl halides is 1. The van der Waals surface area contributed by atoms with Crippen molar-refractivity contribution in [3.8, 4) is 0 Å². The minimum absolute atomic E-state index is 0.